The molecule has 0 bridgehead atoms. The van der Waals surface area contributed by atoms with Crippen LogP contribution < -0.4 is 9.47 Å². The molecule has 1 fully saturated rings. The molecule has 0 unspecified atom stereocenters. The van der Waals surface area contributed by atoms with E-state index in [1.807, 2.05) is 0 Å². The molecule has 2 aromatic carbocycles. The van der Waals surface area contributed by atoms with E-state index in [2.05, 4.69) is 0 Å². The number of fused-ring (bicyclic) bond motifs is 1. The van der Waals surface area contributed by atoms with Gasteiger partial charge in [0.15, 0.2) is 11.5 Å². The van der Waals surface area contributed by atoms with Crippen LogP contribution in [0.15, 0.2) is 35.2 Å². The van der Waals surface area contributed by atoms with Crippen LogP contribution in [0.5, 0.6) is 11.5 Å². The van der Waals surface area contributed by atoms with Crippen LogP contribution in [-0.2, 0) is 10.0 Å². The molecule has 0 N–H and O–H groups in total. The number of piperazine rings is 1. The van der Waals surface area contributed by atoms with E-state index in [9.17, 15) is 22.0 Å². The van der Waals surface area contributed by atoms with Crippen LogP contribution in [0.4, 0.5) is 8.78 Å². The molecule has 0 radical (unpaired) electrons. The van der Waals surface area contributed by atoms with Crippen molar-refractivity contribution in [2.75, 3.05) is 39.4 Å². The molecular weight excluding hydrogens is 454 g/mol. The van der Waals surface area contributed by atoms with Crippen molar-refractivity contribution in [2.45, 2.75) is 11.3 Å². The van der Waals surface area contributed by atoms with Gasteiger partial charge < -0.3 is 14.4 Å². The molecule has 2 aliphatic heterocycles. The minimum absolute atomic E-state index is 0.0533. The second-order valence-electron chi connectivity index (χ2n) is 7.11. The average Bonchev–Trinajstić information content (AvgIpc) is 3.01. The Balaban J connectivity index is 1.49. The fraction of sp³-hybridized carbons (Fsp3) is 0.350. The zero-order chi connectivity index (χ0) is 22.2. The molecule has 11 heteroatoms. The van der Waals surface area contributed by atoms with Gasteiger partial charge in [-0.3, -0.25) is 4.79 Å². The summed E-state index contributed by atoms with van der Waals surface area (Å²) in [6, 6.07) is 5.33. The minimum Gasteiger partial charge on any atom is -0.489 e. The lowest BCUT2D eigenvalue weighted by atomic mass is 10.1. The van der Waals surface area contributed by atoms with Crippen molar-refractivity contribution in [1.82, 2.24) is 9.21 Å². The molecule has 166 valence electrons. The van der Waals surface area contributed by atoms with Crippen LogP contribution in [0, 0.1) is 11.6 Å². The molecule has 2 heterocycles. The van der Waals surface area contributed by atoms with E-state index < -0.39 is 26.6 Å². The van der Waals surface area contributed by atoms with Crippen LogP contribution in [0.25, 0.3) is 0 Å². The van der Waals surface area contributed by atoms with Gasteiger partial charge in [0.2, 0.25) is 10.0 Å². The summed E-state index contributed by atoms with van der Waals surface area (Å²) in [5.74, 6) is -1.44. The lowest BCUT2D eigenvalue weighted by Crippen LogP contribution is -2.50. The van der Waals surface area contributed by atoms with Gasteiger partial charge in [0.1, 0.15) is 16.5 Å². The number of hydrogen-bond donors (Lipinski definition) is 0. The van der Waals surface area contributed by atoms with E-state index in [1.165, 1.54) is 11.0 Å². The second kappa shape index (κ2) is 8.60. The lowest BCUT2D eigenvalue weighted by Gasteiger charge is -2.34. The lowest BCUT2D eigenvalue weighted by molar-refractivity contribution is 0.0697. The number of sulfonamides is 1. The van der Waals surface area contributed by atoms with E-state index in [1.54, 1.807) is 6.07 Å². The van der Waals surface area contributed by atoms with Crippen LogP contribution in [0.1, 0.15) is 16.8 Å². The zero-order valence-corrected chi connectivity index (χ0v) is 17.9. The fourth-order valence-corrected chi connectivity index (χ4v) is 5.25. The van der Waals surface area contributed by atoms with Gasteiger partial charge in [0.05, 0.1) is 18.2 Å². The number of nitrogens with zero attached hydrogens (tertiary/aromatic N) is 2. The van der Waals surface area contributed by atoms with Gasteiger partial charge >= 0.3 is 0 Å². The van der Waals surface area contributed by atoms with Crippen molar-refractivity contribution in [3.63, 3.8) is 0 Å². The first-order valence-corrected chi connectivity index (χ1v) is 11.4. The van der Waals surface area contributed by atoms with Crippen LogP contribution >= 0.6 is 11.6 Å². The number of ether oxygens (including phenoxy) is 2. The summed E-state index contributed by atoms with van der Waals surface area (Å²) in [4.78, 5) is 13.7. The SMILES string of the molecule is O=C(c1cc(Cl)c2c(c1)OCCCO2)N1CCN(S(=O)(=O)c2cc(F)ccc2F)CC1. The Labute approximate surface area is 183 Å². The van der Waals surface area contributed by atoms with Gasteiger partial charge in [-0.05, 0) is 30.3 Å². The quantitative estimate of drug-likeness (QED) is 0.686. The first-order valence-electron chi connectivity index (χ1n) is 9.61. The van der Waals surface area contributed by atoms with Gasteiger partial charge in [-0.15, -0.1) is 0 Å². The molecule has 1 amide bonds. The fourth-order valence-electron chi connectivity index (χ4n) is 3.48. The smallest absolute Gasteiger partial charge is 0.254 e. The molecular formula is C20H19ClF2N2O5S. The third-order valence-corrected chi connectivity index (χ3v) is 7.28. The Morgan fingerprint density at radius 3 is 2.45 bits per heavy atom. The molecule has 7 nitrogen and oxygen atoms in total. The maximum atomic E-state index is 14.0. The Hall–Kier alpha value is -2.43. The van der Waals surface area contributed by atoms with Gasteiger partial charge in [-0.25, -0.2) is 17.2 Å². The van der Waals surface area contributed by atoms with E-state index in [4.69, 9.17) is 21.1 Å². The molecule has 4 rings (SSSR count). The molecule has 0 saturated carbocycles. The van der Waals surface area contributed by atoms with Crippen molar-refractivity contribution < 1.29 is 31.5 Å². The van der Waals surface area contributed by atoms with Crippen molar-refractivity contribution in [1.29, 1.82) is 0 Å². The highest BCUT2D eigenvalue weighted by Gasteiger charge is 2.33. The van der Waals surface area contributed by atoms with Crippen molar-refractivity contribution in [3.05, 3.63) is 52.6 Å². The summed E-state index contributed by atoms with van der Waals surface area (Å²) < 4.78 is 65.1. The molecule has 0 atom stereocenters. The van der Waals surface area contributed by atoms with E-state index in [0.29, 0.717) is 42.8 Å². The molecule has 0 spiro atoms. The number of rotatable bonds is 3. The van der Waals surface area contributed by atoms with Crippen LogP contribution in [-0.4, -0.2) is 62.9 Å². The van der Waals surface area contributed by atoms with E-state index >= 15 is 0 Å². The van der Waals surface area contributed by atoms with Crippen LogP contribution in [0.2, 0.25) is 5.02 Å². The number of carbonyl (C=O) groups excluding carboxylic acids is 1. The standard InChI is InChI=1S/C20H19ClF2N2O5S/c21-15-10-13(11-17-19(15)30-9-1-8-29-17)20(26)24-4-6-25(7-5-24)31(27,28)18-12-14(22)2-3-16(18)23/h2-3,10-12H,1,4-9H2. The summed E-state index contributed by atoms with van der Waals surface area (Å²) in [6.07, 6.45) is 0.691. The number of amides is 1. The number of halogens is 3. The largest absolute Gasteiger partial charge is 0.489 e. The van der Waals surface area contributed by atoms with Crippen molar-refractivity contribution >= 4 is 27.5 Å². The van der Waals surface area contributed by atoms with Crippen LogP contribution in [0.3, 0.4) is 0 Å². The van der Waals surface area contributed by atoms with Crippen molar-refractivity contribution in [3.8, 4) is 11.5 Å². The number of benzene rings is 2. The number of carbonyl (C=O) groups is 1. The Bertz CT molecular complexity index is 1120. The predicted molar refractivity (Wildman–Crippen MR) is 108 cm³/mol. The summed E-state index contributed by atoms with van der Waals surface area (Å²) in [7, 11) is -4.23. The Morgan fingerprint density at radius 2 is 1.71 bits per heavy atom. The van der Waals surface area contributed by atoms with E-state index in [-0.39, 0.29) is 37.1 Å². The molecule has 0 aliphatic carbocycles. The molecule has 1 saturated heterocycles. The second-order valence-corrected chi connectivity index (χ2v) is 9.42. The van der Waals surface area contributed by atoms with Gasteiger partial charge in [0, 0.05) is 38.2 Å². The Morgan fingerprint density at radius 1 is 1.00 bits per heavy atom. The predicted octanol–water partition coefficient (Wildman–Crippen LogP) is 2.93. The normalized spacial score (nSPS) is 17.3. The topological polar surface area (TPSA) is 76.2 Å². The molecule has 31 heavy (non-hydrogen) atoms. The summed E-state index contributed by atoms with van der Waals surface area (Å²) >= 11 is 6.25. The average molecular weight is 473 g/mol. The molecule has 2 aromatic rings. The highest BCUT2D eigenvalue weighted by atomic mass is 35.5. The summed E-state index contributed by atoms with van der Waals surface area (Å²) in [6.45, 7) is 0.962. The molecule has 0 aromatic heterocycles. The highest BCUT2D eigenvalue weighted by molar-refractivity contribution is 7.89. The minimum atomic E-state index is -4.23. The maximum Gasteiger partial charge on any atom is 0.254 e. The first kappa shape index (κ1) is 21.8. The summed E-state index contributed by atoms with van der Waals surface area (Å²) in [5, 5.41) is 0.255. The molecule has 2 aliphatic rings. The zero-order valence-electron chi connectivity index (χ0n) is 16.3. The van der Waals surface area contributed by atoms with Gasteiger partial charge in [-0.1, -0.05) is 11.6 Å². The third kappa shape index (κ3) is 4.32. The monoisotopic (exact) mass is 472 g/mol. The third-order valence-electron chi connectivity index (χ3n) is 5.09. The van der Waals surface area contributed by atoms with Crippen molar-refractivity contribution in [2.24, 2.45) is 0 Å². The first-order chi connectivity index (χ1) is 14.8. The van der Waals surface area contributed by atoms with Gasteiger partial charge in [-0.2, -0.15) is 4.31 Å². The highest BCUT2D eigenvalue weighted by Crippen LogP contribution is 2.38. The summed E-state index contributed by atoms with van der Waals surface area (Å²) in [5.41, 5.74) is 0.293. The number of hydrogen-bond acceptors (Lipinski definition) is 5. The van der Waals surface area contributed by atoms with E-state index in [0.717, 1.165) is 16.4 Å². The Kier molecular flexibility index (Phi) is 6.05. The maximum absolute atomic E-state index is 14.0. The van der Waals surface area contributed by atoms with Gasteiger partial charge in [0.25, 0.3) is 5.91 Å².